The van der Waals surface area contributed by atoms with Crippen molar-refractivity contribution in [2.45, 2.75) is 18.8 Å². The Balaban J connectivity index is 1.72. The Labute approximate surface area is 172 Å². The van der Waals surface area contributed by atoms with Crippen LogP contribution in [0.4, 0.5) is 0 Å². The van der Waals surface area contributed by atoms with E-state index < -0.39 is 0 Å². The van der Waals surface area contributed by atoms with Gasteiger partial charge in [0, 0.05) is 27.8 Å². The van der Waals surface area contributed by atoms with Gasteiger partial charge >= 0.3 is 0 Å². The van der Waals surface area contributed by atoms with Crippen LogP contribution in [0.25, 0.3) is 32.9 Å². The Morgan fingerprint density at radius 2 is 1.70 bits per heavy atom. The summed E-state index contributed by atoms with van der Waals surface area (Å²) in [5.74, 6) is -0.355. The van der Waals surface area contributed by atoms with Gasteiger partial charge in [0.25, 0.3) is 11.8 Å². The zero-order valence-electron chi connectivity index (χ0n) is 16.3. The fourth-order valence-corrected chi connectivity index (χ4v) is 5.91. The number of hydrogen-bond acceptors (Lipinski definition) is 3. The first-order chi connectivity index (χ1) is 14.7. The lowest BCUT2D eigenvalue weighted by Gasteiger charge is -2.21. The van der Waals surface area contributed by atoms with E-state index >= 15 is 0 Å². The van der Waals surface area contributed by atoms with Crippen LogP contribution in [0.5, 0.6) is 0 Å². The highest BCUT2D eigenvalue weighted by Gasteiger charge is 2.42. The van der Waals surface area contributed by atoms with Crippen molar-refractivity contribution in [1.29, 1.82) is 0 Å². The number of H-pyrrole nitrogens is 1. The molecule has 0 bridgehead atoms. The number of carbonyl (C=O) groups is 2. The van der Waals surface area contributed by atoms with Crippen molar-refractivity contribution < 1.29 is 9.59 Å². The molecule has 3 aliphatic rings. The molecule has 2 amide bonds. The highest BCUT2D eigenvalue weighted by Crippen LogP contribution is 2.54. The quantitative estimate of drug-likeness (QED) is 0.397. The summed E-state index contributed by atoms with van der Waals surface area (Å²) in [5.41, 5.74) is 9.01. The Kier molecular flexibility index (Phi) is 3.04. The van der Waals surface area contributed by atoms with Gasteiger partial charge in [-0.15, -0.1) is 0 Å². The molecule has 1 aromatic heterocycles. The Morgan fingerprint density at radius 3 is 2.63 bits per heavy atom. The van der Waals surface area contributed by atoms with Gasteiger partial charge in [-0.3, -0.25) is 14.9 Å². The van der Waals surface area contributed by atoms with Crippen LogP contribution in [0.1, 0.15) is 49.7 Å². The van der Waals surface area contributed by atoms with E-state index in [0.717, 1.165) is 58.9 Å². The van der Waals surface area contributed by atoms with E-state index in [0.29, 0.717) is 11.1 Å². The molecule has 7 rings (SSSR count). The number of aromatic amines is 1. The molecule has 0 saturated heterocycles. The van der Waals surface area contributed by atoms with Crippen LogP contribution in [0.15, 0.2) is 42.5 Å². The summed E-state index contributed by atoms with van der Waals surface area (Å²) in [4.78, 5) is 29.6. The molecule has 5 nitrogen and oxygen atoms in total. The minimum atomic E-state index is -0.292. The third-order valence-electron chi connectivity index (χ3n) is 7.02. The average Bonchev–Trinajstić information content (AvgIpc) is 3.35. The first-order valence-electron chi connectivity index (χ1n) is 10.5. The Hall–Kier alpha value is -3.44. The fraction of sp³-hybridized carbons (Fsp3) is 0.200. The molecule has 1 unspecified atom stereocenters. The summed E-state index contributed by atoms with van der Waals surface area (Å²) in [6, 6.07) is 14.5. The minimum absolute atomic E-state index is 0.211. The second-order valence-corrected chi connectivity index (χ2v) is 8.46. The van der Waals surface area contributed by atoms with Gasteiger partial charge in [-0.05, 0) is 54.3 Å². The summed E-state index contributed by atoms with van der Waals surface area (Å²) in [6.45, 7) is 1.89. The van der Waals surface area contributed by atoms with Crippen molar-refractivity contribution in [3.63, 3.8) is 0 Å². The van der Waals surface area contributed by atoms with Gasteiger partial charge in [-0.2, -0.15) is 0 Å². The number of carbonyl (C=O) groups excluding carboxylic acids is 2. The van der Waals surface area contributed by atoms with Crippen LogP contribution in [0, 0.1) is 0 Å². The molecule has 2 aliphatic heterocycles. The fourth-order valence-electron chi connectivity index (χ4n) is 5.91. The predicted molar refractivity (Wildman–Crippen MR) is 116 cm³/mol. The third-order valence-corrected chi connectivity index (χ3v) is 7.02. The van der Waals surface area contributed by atoms with Gasteiger partial charge in [-0.25, -0.2) is 0 Å². The van der Waals surface area contributed by atoms with Crippen molar-refractivity contribution in [3.8, 4) is 11.1 Å². The van der Waals surface area contributed by atoms with Gasteiger partial charge in [-0.1, -0.05) is 36.4 Å². The van der Waals surface area contributed by atoms with Gasteiger partial charge in [0.15, 0.2) is 0 Å². The predicted octanol–water partition coefficient (Wildman–Crippen LogP) is 3.85. The zero-order valence-corrected chi connectivity index (χ0v) is 16.3. The first kappa shape index (κ1) is 16.4. The van der Waals surface area contributed by atoms with E-state index in [9.17, 15) is 9.59 Å². The Morgan fingerprint density at radius 1 is 0.833 bits per heavy atom. The number of hydrogen-bond donors (Lipinski definition) is 3. The average molecular weight is 393 g/mol. The molecule has 0 saturated carbocycles. The standard InChI is InChI=1S/C25H19N3O2/c29-24-21-18-14-6-3-4-12-8-10-26-11-9-15(17(12)14)20(18)23-19(22(21)25(30)28-24)13-5-1-2-7-16(13)27-23/h1-7,15,26-27H,8-11H2,(H,28,29,30). The lowest BCUT2D eigenvalue weighted by molar-refractivity contribution is 0.0880. The molecule has 146 valence electrons. The van der Waals surface area contributed by atoms with Crippen molar-refractivity contribution in [1.82, 2.24) is 15.6 Å². The number of benzene rings is 3. The summed E-state index contributed by atoms with van der Waals surface area (Å²) in [6.07, 6.45) is 1.94. The van der Waals surface area contributed by atoms with Crippen molar-refractivity contribution in [3.05, 3.63) is 70.3 Å². The van der Waals surface area contributed by atoms with Crippen LogP contribution < -0.4 is 10.6 Å². The van der Waals surface area contributed by atoms with Crippen LogP contribution in [-0.4, -0.2) is 29.9 Å². The number of aromatic nitrogens is 1. The third kappa shape index (κ3) is 1.86. The molecule has 3 aromatic carbocycles. The van der Waals surface area contributed by atoms with E-state index in [1.165, 1.54) is 16.7 Å². The van der Waals surface area contributed by atoms with Gasteiger partial charge < -0.3 is 10.3 Å². The first-order valence-corrected chi connectivity index (χ1v) is 10.5. The topological polar surface area (TPSA) is 74.0 Å². The smallest absolute Gasteiger partial charge is 0.259 e. The second kappa shape index (κ2) is 5.58. The number of fused-ring (bicyclic) bond motifs is 10. The van der Waals surface area contributed by atoms with Crippen molar-refractivity contribution >= 4 is 33.6 Å². The highest BCUT2D eigenvalue weighted by molar-refractivity contribution is 6.33. The molecule has 30 heavy (non-hydrogen) atoms. The molecule has 0 fully saturated rings. The molecule has 3 heterocycles. The largest absolute Gasteiger partial charge is 0.354 e. The molecule has 1 atom stereocenters. The van der Waals surface area contributed by atoms with Crippen LogP contribution in [0.3, 0.4) is 0 Å². The second-order valence-electron chi connectivity index (χ2n) is 8.46. The van der Waals surface area contributed by atoms with E-state index in [1.54, 1.807) is 0 Å². The van der Waals surface area contributed by atoms with E-state index in [1.807, 2.05) is 24.3 Å². The summed E-state index contributed by atoms with van der Waals surface area (Å²) < 4.78 is 0. The molecule has 1 aliphatic carbocycles. The molecule has 0 radical (unpaired) electrons. The van der Waals surface area contributed by atoms with E-state index in [2.05, 4.69) is 33.8 Å². The lowest BCUT2D eigenvalue weighted by Crippen LogP contribution is -2.23. The van der Waals surface area contributed by atoms with Crippen molar-refractivity contribution in [2.75, 3.05) is 13.1 Å². The number of para-hydroxylation sites is 1. The summed E-state index contributed by atoms with van der Waals surface area (Å²) in [5, 5.41) is 8.00. The number of nitrogens with one attached hydrogen (secondary N) is 3. The maximum Gasteiger partial charge on any atom is 0.259 e. The molecular formula is C25H19N3O2. The van der Waals surface area contributed by atoms with Crippen LogP contribution >= 0.6 is 0 Å². The normalized spacial score (nSPS) is 19.4. The minimum Gasteiger partial charge on any atom is -0.354 e. The number of amides is 2. The lowest BCUT2D eigenvalue weighted by atomic mass is 9.86. The highest BCUT2D eigenvalue weighted by atomic mass is 16.2. The maximum atomic E-state index is 13.0. The van der Waals surface area contributed by atoms with E-state index in [-0.39, 0.29) is 17.7 Å². The summed E-state index contributed by atoms with van der Waals surface area (Å²) in [7, 11) is 0. The molecule has 5 heteroatoms. The van der Waals surface area contributed by atoms with Gasteiger partial charge in [0.1, 0.15) is 0 Å². The maximum absolute atomic E-state index is 13.0. The van der Waals surface area contributed by atoms with Crippen LogP contribution in [-0.2, 0) is 6.42 Å². The van der Waals surface area contributed by atoms with Gasteiger partial charge in [0.2, 0.25) is 0 Å². The molecule has 3 N–H and O–H groups in total. The zero-order chi connectivity index (χ0) is 20.0. The molecular weight excluding hydrogens is 374 g/mol. The van der Waals surface area contributed by atoms with Crippen molar-refractivity contribution in [2.24, 2.45) is 0 Å². The van der Waals surface area contributed by atoms with Gasteiger partial charge in [0.05, 0.1) is 16.6 Å². The molecule has 4 aromatic rings. The summed E-state index contributed by atoms with van der Waals surface area (Å²) >= 11 is 0. The number of imide groups is 1. The number of rotatable bonds is 0. The van der Waals surface area contributed by atoms with Crippen LogP contribution in [0.2, 0.25) is 0 Å². The molecule has 0 spiro atoms. The monoisotopic (exact) mass is 393 g/mol. The Bertz CT molecular complexity index is 1450. The SMILES string of the molecule is O=C1NC(=O)c2c1c1c(c3[nH]c4ccccc4c23)C2CCNCCc3cccc-1c32. The van der Waals surface area contributed by atoms with E-state index in [4.69, 9.17) is 0 Å².